The largest absolute Gasteiger partial charge is 0.419 e. The van der Waals surface area contributed by atoms with Crippen LogP contribution in [0.25, 0.3) is 11.5 Å². The number of ether oxygens (including phenoxy) is 1. The lowest BCUT2D eigenvalue weighted by molar-refractivity contribution is 0.0388. The van der Waals surface area contributed by atoms with Gasteiger partial charge in [-0.3, -0.25) is 4.90 Å². The highest BCUT2D eigenvalue weighted by molar-refractivity contribution is 7.80. The standard InChI is InChI=1S/C19H24ClN5O2S/c20-15-3-1-14(2-4-15)18-23-22-17(27-18)13-25(16-5-6-16)19(28)21-7-8-24-9-11-26-12-10-24/h1-4,16H,5-13H2,(H,21,28). The molecule has 0 atom stereocenters. The first-order valence-corrected chi connectivity index (χ1v) is 10.4. The van der Waals surface area contributed by atoms with E-state index in [9.17, 15) is 0 Å². The van der Waals surface area contributed by atoms with Gasteiger partial charge in [0, 0.05) is 42.8 Å². The van der Waals surface area contributed by atoms with Crippen molar-refractivity contribution < 1.29 is 9.15 Å². The minimum Gasteiger partial charge on any atom is -0.419 e. The maximum absolute atomic E-state index is 5.94. The number of halogens is 1. The Labute approximate surface area is 175 Å². The van der Waals surface area contributed by atoms with Gasteiger partial charge in [-0.2, -0.15) is 0 Å². The van der Waals surface area contributed by atoms with Crippen molar-refractivity contribution in [3.05, 3.63) is 35.2 Å². The number of morpholine rings is 1. The van der Waals surface area contributed by atoms with Gasteiger partial charge >= 0.3 is 0 Å². The molecule has 9 heteroatoms. The summed E-state index contributed by atoms with van der Waals surface area (Å²) in [5, 5.41) is 13.2. The minimum absolute atomic E-state index is 0.453. The second kappa shape index (κ2) is 9.17. The third-order valence-electron chi connectivity index (χ3n) is 4.92. The summed E-state index contributed by atoms with van der Waals surface area (Å²) in [6.45, 7) is 5.89. The van der Waals surface area contributed by atoms with Crippen LogP contribution in [-0.4, -0.2) is 70.5 Å². The van der Waals surface area contributed by atoms with Crippen LogP contribution in [0.5, 0.6) is 0 Å². The zero-order chi connectivity index (χ0) is 19.3. The highest BCUT2D eigenvalue weighted by Gasteiger charge is 2.32. The van der Waals surface area contributed by atoms with Crippen molar-refractivity contribution in [3.8, 4) is 11.5 Å². The molecule has 2 fully saturated rings. The van der Waals surface area contributed by atoms with Gasteiger partial charge in [-0.05, 0) is 49.3 Å². The number of thiocarbonyl (C=S) groups is 1. The summed E-state index contributed by atoms with van der Waals surface area (Å²) < 4.78 is 11.2. The molecule has 1 saturated heterocycles. The molecule has 0 radical (unpaired) electrons. The first kappa shape index (κ1) is 19.6. The van der Waals surface area contributed by atoms with Gasteiger partial charge in [0.05, 0.1) is 19.8 Å². The fourth-order valence-electron chi connectivity index (χ4n) is 3.17. The molecule has 2 aliphatic rings. The molecule has 1 aliphatic carbocycles. The van der Waals surface area contributed by atoms with Crippen LogP contribution in [0.15, 0.2) is 28.7 Å². The first-order chi connectivity index (χ1) is 13.7. The normalized spacial score (nSPS) is 17.5. The lowest BCUT2D eigenvalue weighted by Crippen LogP contribution is -2.45. The highest BCUT2D eigenvalue weighted by Crippen LogP contribution is 2.29. The van der Waals surface area contributed by atoms with Crippen LogP contribution < -0.4 is 5.32 Å². The summed E-state index contributed by atoms with van der Waals surface area (Å²) >= 11 is 11.6. The lowest BCUT2D eigenvalue weighted by Gasteiger charge is -2.28. The minimum atomic E-state index is 0.453. The van der Waals surface area contributed by atoms with Gasteiger partial charge in [-0.15, -0.1) is 10.2 Å². The first-order valence-electron chi connectivity index (χ1n) is 9.62. The molecule has 2 aromatic rings. The van der Waals surface area contributed by atoms with Gasteiger partial charge in [0.15, 0.2) is 5.11 Å². The van der Waals surface area contributed by atoms with Crippen LogP contribution in [0.4, 0.5) is 0 Å². The Morgan fingerprint density at radius 3 is 2.68 bits per heavy atom. The van der Waals surface area contributed by atoms with Crippen LogP contribution >= 0.6 is 23.8 Å². The number of benzene rings is 1. The molecule has 1 N–H and O–H groups in total. The van der Waals surface area contributed by atoms with E-state index in [1.54, 1.807) is 0 Å². The Balaban J connectivity index is 1.32. The number of rotatable bonds is 7. The molecule has 150 valence electrons. The van der Waals surface area contributed by atoms with E-state index in [2.05, 4.69) is 25.3 Å². The summed E-state index contributed by atoms with van der Waals surface area (Å²) in [5.41, 5.74) is 0.854. The number of hydrogen-bond donors (Lipinski definition) is 1. The Hall–Kier alpha value is -1.74. The molecule has 0 amide bonds. The molecule has 1 saturated carbocycles. The van der Waals surface area contributed by atoms with E-state index in [1.165, 1.54) is 0 Å². The van der Waals surface area contributed by atoms with Crippen LogP contribution in [0, 0.1) is 0 Å². The van der Waals surface area contributed by atoms with E-state index < -0.39 is 0 Å². The molecule has 1 aromatic carbocycles. The average Bonchev–Trinajstić information content (AvgIpc) is 3.45. The lowest BCUT2D eigenvalue weighted by atomic mass is 10.2. The summed E-state index contributed by atoms with van der Waals surface area (Å²) in [6, 6.07) is 7.82. The SMILES string of the molecule is S=C(NCCN1CCOCC1)N(Cc1nnc(-c2ccc(Cl)cc2)o1)C1CC1. The van der Waals surface area contributed by atoms with E-state index in [-0.39, 0.29) is 0 Å². The number of nitrogens with zero attached hydrogens (tertiary/aromatic N) is 4. The van der Waals surface area contributed by atoms with Crippen molar-refractivity contribution in [1.29, 1.82) is 0 Å². The summed E-state index contributed by atoms with van der Waals surface area (Å²) in [7, 11) is 0. The molecule has 4 rings (SSSR count). The van der Waals surface area contributed by atoms with Gasteiger partial charge < -0.3 is 19.4 Å². The zero-order valence-corrected chi connectivity index (χ0v) is 17.2. The molecule has 28 heavy (non-hydrogen) atoms. The molecule has 0 bridgehead atoms. The van der Waals surface area contributed by atoms with Crippen molar-refractivity contribution in [2.24, 2.45) is 0 Å². The van der Waals surface area contributed by atoms with Gasteiger partial charge in [-0.1, -0.05) is 11.6 Å². The number of hydrogen-bond acceptors (Lipinski definition) is 6. The van der Waals surface area contributed by atoms with Crippen LogP contribution in [0.3, 0.4) is 0 Å². The fourth-order valence-corrected chi connectivity index (χ4v) is 3.61. The second-order valence-corrected chi connectivity index (χ2v) is 7.88. The Bertz CT molecular complexity index is 790. The van der Waals surface area contributed by atoms with E-state index >= 15 is 0 Å². The van der Waals surface area contributed by atoms with Gasteiger partial charge in [0.1, 0.15) is 0 Å². The predicted octanol–water partition coefficient (Wildman–Crippen LogP) is 2.56. The Morgan fingerprint density at radius 1 is 1.21 bits per heavy atom. The maximum Gasteiger partial charge on any atom is 0.247 e. The summed E-state index contributed by atoms with van der Waals surface area (Å²) in [6.07, 6.45) is 2.28. The molecule has 1 aliphatic heterocycles. The third kappa shape index (κ3) is 5.20. The summed E-state index contributed by atoms with van der Waals surface area (Å²) in [4.78, 5) is 4.55. The van der Waals surface area contributed by atoms with Crippen molar-refractivity contribution in [1.82, 2.24) is 25.3 Å². The van der Waals surface area contributed by atoms with Crippen LogP contribution in [0.2, 0.25) is 5.02 Å². The van der Waals surface area contributed by atoms with Crippen molar-refractivity contribution >= 4 is 28.9 Å². The second-order valence-electron chi connectivity index (χ2n) is 7.05. The molecule has 0 spiro atoms. The molecule has 1 aromatic heterocycles. The molecule has 0 unspecified atom stereocenters. The summed E-state index contributed by atoms with van der Waals surface area (Å²) in [5.74, 6) is 1.06. The smallest absolute Gasteiger partial charge is 0.247 e. The maximum atomic E-state index is 5.94. The Morgan fingerprint density at radius 2 is 1.96 bits per heavy atom. The molecular weight excluding hydrogens is 398 g/mol. The fraction of sp³-hybridized carbons (Fsp3) is 0.526. The Kier molecular flexibility index (Phi) is 6.41. The zero-order valence-electron chi connectivity index (χ0n) is 15.6. The predicted molar refractivity (Wildman–Crippen MR) is 111 cm³/mol. The highest BCUT2D eigenvalue weighted by atomic mass is 35.5. The number of aromatic nitrogens is 2. The topological polar surface area (TPSA) is 66.7 Å². The van der Waals surface area contributed by atoms with E-state index in [1.807, 2.05) is 24.3 Å². The van der Waals surface area contributed by atoms with Crippen molar-refractivity contribution in [2.75, 3.05) is 39.4 Å². The van der Waals surface area contributed by atoms with Crippen LogP contribution in [0.1, 0.15) is 18.7 Å². The quantitative estimate of drug-likeness (QED) is 0.684. The van der Waals surface area contributed by atoms with Gasteiger partial charge in [0.2, 0.25) is 11.8 Å². The molecule has 7 nitrogen and oxygen atoms in total. The average molecular weight is 422 g/mol. The van der Waals surface area contributed by atoms with Crippen LogP contribution in [-0.2, 0) is 11.3 Å². The molecular formula is C19H24ClN5O2S. The third-order valence-corrected chi connectivity index (χ3v) is 5.55. The molecule has 2 heterocycles. The van der Waals surface area contributed by atoms with Crippen molar-refractivity contribution in [2.45, 2.75) is 25.4 Å². The van der Waals surface area contributed by atoms with Gasteiger partial charge in [0.25, 0.3) is 0 Å². The van der Waals surface area contributed by atoms with E-state index in [0.29, 0.717) is 29.4 Å². The van der Waals surface area contributed by atoms with Crippen molar-refractivity contribution in [3.63, 3.8) is 0 Å². The van der Waals surface area contributed by atoms with E-state index in [4.69, 9.17) is 33.0 Å². The number of nitrogens with one attached hydrogen (secondary N) is 1. The van der Waals surface area contributed by atoms with Gasteiger partial charge in [-0.25, -0.2) is 0 Å². The van der Waals surface area contributed by atoms with E-state index in [0.717, 1.165) is 62.9 Å². The monoisotopic (exact) mass is 421 g/mol.